The Morgan fingerprint density at radius 3 is 3.00 bits per heavy atom. The lowest BCUT2D eigenvalue weighted by Gasteiger charge is -2.01. The predicted octanol–water partition coefficient (Wildman–Crippen LogP) is 3.99. The number of carbonyl (C=O) groups excluding carboxylic acids is 1. The summed E-state index contributed by atoms with van der Waals surface area (Å²) < 4.78 is 8.10. The van der Waals surface area contributed by atoms with Crippen molar-refractivity contribution in [3.63, 3.8) is 0 Å². The molecular weight excluding hydrogens is 360 g/mol. The summed E-state index contributed by atoms with van der Waals surface area (Å²) in [6.45, 7) is 0. The molecule has 1 aliphatic carbocycles. The van der Waals surface area contributed by atoms with Crippen LogP contribution < -0.4 is 5.32 Å². The Morgan fingerprint density at radius 1 is 1.35 bits per heavy atom. The fraction of sp³-hybridized carbons (Fsp3) is 0.312. The topological polar surface area (TPSA) is 72.4 Å². The van der Waals surface area contributed by atoms with Crippen molar-refractivity contribution in [1.82, 2.24) is 14.6 Å². The SMILES string of the molecule is O=C(Nc1cc2ccc(Br)cn2n1)c1coc(C2CCCC2)n1. The molecule has 3 heterocycles. The molecule has 23 heavy (non-hydrogen) atoms. The Bertz CT molecular complexity index is 864. The zero-order chi connectivity index (χ0) is 15.8. The number of anilines is 1. The van der Waals surface area contributed by atoms with E-state index in [1.54, 1.807) is 4.52 Å². The van der Waals surface area contributed by atoms with E-state index in [2.05, 4.69) is 31.3 Å². The monoisotopic (exact) mass is 374 g/mol. The molecule has 6 nitrogen and oxygen atoms in total. The molecule has 1 N–H and O–H groups in total. The number of hydrogen-bond donors (Lipinski definition) is 1. The first-order valence-corrected chi connectivity index (χ1v) is 8.40. The Hall–Kier alpha value is -2.15. The molecule has 0 saturated heterocycles. The third-order valence-corrected chi connectivity index (χ3v) is 4.59. The number of pyridine rings is 1. The maximum Gasteiger partial charge on any atom is 0.278 e. The molecule has 1 amide bonds. The molecule has 1 fully saturated rings. The van der Waals surface area contributed by atoms with Crippen molar-refractivity contribution < 1.29 is 9.21 Å². The summed E-state index contributed by atoms with van der Waals surface area (Å²) in [5.41, 5.74) is 1.19. The van der Waals surface area contributed by atoms with Crippen molar-refractivity contribution in [2.45, 2.75) is 31.6 Å². The lowest BCUT2D eigenvalue weighted by Crippen LogP contribution is -2.13. The molecule has 7 heteroatoms. The van der Waals surface area contributed by atoms with E-state index in [0.29, 0.717) is 23.3 Å². The van der Waals surface area contributed by atoms with Crippen LogP contribution >= 0.6 is 15.9 Å². The van der Waals surface area contributed by atoms with E-state index in [0.717, 1.165) is 22.8 Å². The van der Waals surface area contributed by atoms with Crippen LogP contribution in [0, 0.1) is 0 Å². The van der Waals surface area contributed by atoms with Crippen LogP contribution in [0.25, 0.3) is 5.52 Å². The smallest absolute Gasteiger partial charge is 0.278 e. The number of hydrogen-bond acceptors (Lipinski definition) is 4. The lowest BCUT2D eigenvalue weighted by molar-refractivity contribution is 0.102. The number of carbonyl (C=O) groups is 1. The summed E-state index contributed by atoms with van der Waals surface area (Å²) in [6.07, 6.45) is 7.83. The maximum atomic E-state index is 12.3. The molecule has 3 aromatic rings. The molecule has 1 saturated carbocycles. The zero-order valence-electron chi connectivity index (χ0n) is 12.3. The fourth-order valence-corrected chi connectivity index (χ4v) is 3.28. The van der Waals surface area contributed by atoms with Crippen LogP contribution in [0.3, 0.4) is 0 Å². The van der Waals surface area contributed by atoms with Gasteiger partial charge in [0, 0.05) is 22.7 Å². The normalized spacial score (nSPS) is 15.3. The average Bonchev–Trinajstić information content (AvgIpc) is 3.26. The summed E-state index contributed by atoms with van der Waals surface area (Å²) in [6, 6.07) is 5.65. The highest BCUT2D eigenvalue weighted by Gasteiger charge is 2.23. The number of nitrogens with zero attached hydrogens (tertiary/aromatic N) is 3. The molecule has 0 spiro atoms. The Balaban J connectivity index is 1.52. The minimum atomic E-state index is -0.305. The van der Waals surface area contributed by atoms with Gasteiger partial charge in [-0.05, 0) is 40.9 Å². The summed E-state index contributed by atoms with van der Waals surface area (Å²) in [5, 5.41) is 7.08. The first kappa shape index (κ1) is 14.4. The number of fused-ring (bicyclic) bond motifs is 1. The fourth-order valence-electron chi connectivity index (χ4n) is 2.96. The van der Waals surface area contributed by atoms with Crippen LogP contribution in [0.1, 0.15) is 48.0 Å². The van der Waals surface area contributed by atoms with Gasteiger partial charge in [-0.15, -0.1) is 5.10 Å². The highest BCUT2D eigenvalue weighted by molar-refractivity contribution is 9.10. The molecule has 1 aliphatic rings. The third-order valence-electron chi connectivity index (χ3n) is 4.12. The minimum Gasteiger partial charge on any atom is -0.448 e. The summed E-state index contributed by atoms with van der Waals surface area (Å²) in [7, 11) is 0. The Kier molecular flexibility index (Phi) is 3.65. The molecule has 0 bridgehead atoms. The summed E-state index contributed by atoms with van der Waals surface area (Å²) >= 11 is 3.39. The molecule has 3 aromatic heterocycles. The average molecular weight is 375 g/mol. The van der Waals surface area contributed by atoms with E-state index in [-0.39, 0.29) is 5.91 Å². The van der Waals surface area contributed by atoms with Crippen LogP contribution in [0.4, 0.5) is 5.82 Å². The number of amides is 1. The van der Waals surface area contributed by atoms with Crippen molar-refractivity contribution in [3.8, 4) is 0 Å². The maximum absolute atomic E-state index is 12.3. The second-order valence-electron chi connectivity index (χ2n) is 5.75. The van der Waals surface area contributed by atoms with Gasteiger partial charge in [-0.2, -0.15) is 0 Å². The van der Waals surface area contributed by atoms with E-state index in [1.807, 2.05) is 24.4 Å². The number of aromatic nitrogens is 3. The van der Waals surface area contributed by atoms with Gasteiger partial charge in [-0.3, -0.25) is 4.79 Å². The largest absolute Gasteiger partial charge is 0.448 e. The highest BCUT2D eigenvalue weighted by atomic mass is 79.9. The van der Waals surface area contributed by atoms with E-state index >= 15 is 0 Å². The lowest BCUT2D eigenvalue weighted by atomic mass is 10.1. The number of oxazole rings is 1. The van der Waals surface area contributed by atoms with Crippen molar-refractivity contribution >= 4 is 33.2 Å². The molecule has 4 rings (SSSR count). The standard InChI is InChI=1S/C16H15BrN4O2/c17-11-5-6-12-7-14(20-21(12)8-11)19-15(22)13-9-23-16(18-13)10-3-1-2-4-10/h5-10H,1-4H2,(H,19,20,22). The van der Waals surface area contributed by atoms with E-state index in [1.165, 1.54) is 19.1 Å². The van der Waals surface area contributed by atoms with Gasteiger partial charge in [0.05, 0.1) is 5.52 Å². The Morgan fingerprint density at radius 2 is 2.17 bits per heavy atom. The van der Waals surface area contributed by atoms with Gasteiger partial charge in [-0.25, -0.2) is 9.50 Å². The van der Waals surface area contributed by atoms with Gasteiger partial charge in [0.1, 0.15) is 6.26 Å². The zero-order valence-corrected chi connectivity index (χ0v) is 13.9. The molecule has 0 radical (unpaired) electrons. The van der Waals surface area contributed by atoms with Gasteiger partial charge in [0.2, 0.25) is 0 Å². The molecule has 0 atom stereocenters. The molecule has 118 valence electrons. The molecule has 0 unspecified atom stereocenters. The number of rotatable bonds is 3. The van der Waals surface area contributed by atoms with Gasteiger partial charge >= 0.3 is 0 Å². The molecule has 0 aliphatic heterocycles. The molecular formula is C16H15BrN4O2. The van der Waals surface area contributed by atoms with Gasteiger partial charge in [0.25, 0.3) is 5.91 Å². The van der Waals surface area contributed by atoms with Crippen LogP contribution in [-0.2, 0) is 0 Å². The number of halogens is 1. The van der Waals surface area contributed by atoms with Gasteiger partial charge in [-0.1, -0.05) is 12.8 Å². The van der Waals surface area contributed by atoms with Crippen molar-refractivity contribution in [3.05, 3.63) is 46.7 Å². The first-order chi connectivity index (χ1) is 11.2. The van der Waals surface area contributed by atoms with E-state index < -0.39 is 0 Å². The van der Waals surface area contributed by atoms with E-state index in [4.69, 9.17) is 4.42 Å². The second kappa shape index (κ2) is 5.81. The van der Waals surface area contributed by atoms with E-state index in [9.17, 15) is 4.79 Å². The first-order valence-electron chi connectivity index (χ1n) is 7.61. The Labute approximate surface area is 141 Å². The minimum absolute atomic E-state index is 0.296. The van der Waals surface area contributed by atoms with Crippen molar-refractivity contribution in [2.24, 2.45) is 0 Å². The highest BCUT2D eigenvalue weighted by Crippen LogP contribution is 2.33. The summed E-state index contributed by atoms with van der Waals surface area (Å²) in [5.74, 6) is 1.20. The second-order valence-corrected chi connectivity index (χ2v) is 6.67. The van der Waals surface area contributed by atoms with Gasteiger partial charge in [0.15, 0.2) is 17.4 Å². The van der Waals surface area contributed by atoms with Gasteiger partial charge < -0.3 is 9.73 Å². The van der Waals surface area contributed by atoms with Crippen LogP contribution in [0.5, 0.6) is 0 Å². The number of nitrogens with one attached hydrogen (secondary N) is 1. The quantitative estimate of drug-likeness (QED) is 0.751. The van der Waals surface area contributed by atoms with Crippen molar-refractivity contribution in [2.75, 3.05) is 5.32 Å². The molecule has 0 aromatic carbocycles. The third kappa shape index (κ3) is 2.88. The predicted molar refractivity (Wildman–Crippen MR) is 88.6 cm³/mol. The van der Waals surface area contributed by atoms with Crippen LogP contribution in [-0.4, -0.2) is 20.5 Å². The van der Waals surface area contributed by atoms with Crippen molar-refractivity contribution in [1.29, 1.82) is 0 Å². The van der Waals surface area contributed by atoms with Crippen LogP contribution in [0.15, 0.2) is 39.5 Å². The van der Waals surface area contributed by atoms with Crippen LogP contribution in [0.2, 0.25) is 0 Å². The summed E-state index contributed by atoms with van der Waals surface area (Å²) in [4.78, 5) is 16.6.